The van der Waals surface area contributed by atoms with Gasteiger partial charge in [0.2, 0.25) is 0 Å². The molecule has 1 aliphatic heterocycles. The van der Waals surface area contributed by atoms with Crippen LogP contribution in [0.4, 0.5) is 0 Å². The molecular formula is C23H31N7. The number of hydrogen-bond acceptors (Lipinski definition) is 4. The van der Waals surface area contributed by atoms with Gasteiger partial charge in [0.05, 0.1) is 0 Å². The van der Waals surface area contributed by atoms with Crippen LogP contribution in [-0.4, -0.2) is 50.6 Å². The Bertz CT molecular complexity index is 966. The third-order valence-corrected chi connectivity index (χ3v) is 5.69. The van der Waals surface area contributed by atoms with Gasteiger partial charge in [0.25, 0.3) is 0 Å². The Morgan fingerprint density at radius 1 is 1.13 bits per heavy atom. The predicted molar refractivity (Wildman–Crippen MR) is 120 cm³/mol. The summed E-state index contributed by atoms with van der Waals surface area (Å²) in [7, 11) is 0. The Hall–Kier alpha value is -2.93. The summed E-state index contributed by atoms with van der Waals surface area (Å²) in [4.78, 5) is 7.34. The smallest absolute Gasteiger partial charge is 0.191 e. The van der Waals surface area contributed by atoms with Crippen LogP contribution >= 0.6 is 0 Å². The van der Waals surface area contributed by atoms with Gasteiger partial charge in [0.15, 0.2) is 17.4 Å². The fourth-order valence-corrected chi connectivity index (χ4v) is 4.07. The van der Waals surface area contributed by atoms with Gasteiger partial charge in [-0.25, -0.2) is 4.99 Å². The van der Waals surface area contributed by atoms with Crippen LogP contribution in [0.15, 0.2) is 59.7 Å². The number of piperidine rings is 1. The van der Waals surface area contributed by atoms with Crippen molar-refractivity contribution in [1.29, 1.82) is 0 Å². The van der Waals surface area contributed by atoms with Crippen LogP contribution in [-0.2, 0) is 13.1 Å². The SMILES string of the molecule is CCNC(=NCc1nnc2ccccn12)NC1CCN(Cc2ccccc2)C(C)C1. The van der Waals surface area contributed by atoms with Crippen molar-refractivity contribution >= 4 is 11.6 Å². The van der Waals surface area contributed by atoms with Gasteiger partial charge < -0.3 is 10.6 Å². The van der Waals surface area contributed by atoms with Crippen molar-refractivity contribution in [3.8, 4) is 0 Å². The van der Waals surface area contributed by atoms with Gasteiger partial charge in [0.1, 0.15) is 6.54 Å². The van der Waals surface area contributed by atoms with Crippen molar-refractivity contribution in [3.63, 3.8) is 0 Å². The molecule has 2 atom stereocenters. The molecule has 4 rings (SSSR count). The van der Waals surface area contributed by atoms with E-state index >= 15 is 0 Å². The maximum atomic E-state index is 4.77. The molecule has 2 unspecified atom stereocenters. The number of nitrogens with one attached hydrogen (secondary N) is 2. The summed E-state index contributed by atoms with van der Waals surface area (Å²) in [5.41, 5.74) is 2.23. The number of pyridine rings is 1. The first-order chi connectivity index (χ1) is 14.7. The van der Waals surface area contributed by atoms with Gasteiger partial charge >= 0.3 is 0 Å². The maximum absolute atomic E-state index is 4.77. The van der Waals surface area contributed by atoms with Crippen LogP contribution in [0, 0.1) is 0 Å². The zero-order chi connectivity index (χ0) is 20.8. The molecule has 0 bridgehead atoms. The van der Waals surface area contributed by atoms with E-state index < -0.39 is 0 Å². The molecule has 0 radical (unpaired) electrons. The van der Waals surface area contributed by atoms with Crippen LogP contribution in [0.2, 0.25) is 0 Å². The molecule has 30 heavy (non-hydrogen) atoms. The van der Waals surface area contributed by atoms with Crippen LogP contribution in [0.25, 0.3) is 5.65 Å². The number of benzene rings is 1. The first-order valence-corrected chi connectivity index (χ1v) is 10.8. The predicted octanol–water partition coefficient (Wildman–Crippen LogP) is 2.84. The van der Waals surface area contributed by atoms with E-state index in [1.807, 2.05) is 28.8 Å². The first-order valence-electron chi connectivity index (χ1n) is 10.8. The van der Waals surface area contributed by atoms with Gasteiger partial charge in [-0.05, 0) is 44.4 Å². The summed E-state index contributed by atoms with van der Waals surface area (Å²) in [6, 6.07) is 17.6. The molecule has 3 aromatic rings. The monoisotopic (exact) mass is 405 g/mol. The standard InChI is InChI=1S/C23H31N7/c1-3-24-23(25-16-22-28-27-21-11-7-8-13-30(21)22)26-20-12-14-29(18(2)15-20)17-19-9-5-4-6-10-19/h4-11,13,18,20H,3,12,14-17H2,1-2H3,(H2,24,25,26). The number of rotatable bonds is 6. The highest BCUT2D eigenvalue weighted by Crippen LogP contribution is 2.20. The van der Waals surface area contributed by atoms with Crippen LogP contribution in [0.5, 0.6) is 0 Å². The molecule has 2 aromatic heterocycles. The third kappa shape index (κ3) is 4.97. The average molecular weight is 406 g/mol. The lowest BCUT2D eigenvalue weighted by Crippen LogP contribution is -2.51. The van der Waals surface area contributed by atoms with E-state index in [0.29, 0.717) is 18.6 Å². The van der Waals surface area contributed by atoms with Crippen molar-refractivity contribution in [3.05, 3.63) is 66.1 Å². The fourth-order valence-electron chi connectivity index (χ4n) is 4.07. The zero-order valence-electron chi connectivity index (χ0n) is 17.8. The van der Waals surface area contributed by atoms with Crippen molar-refractivity contribution < 1.29 is 0 Å². The number of fused-ring (bicyclic) bond motifs is 1. The van der Waals surface area contributed by atoms with Gasteiger partial charge in [-0.15, -0.1) is 10.2 Å². The molecule has 0 aliphatic carbocycles. The molecule has 0 amide bonds. The number of guanidine groups is 1. The molecule has 2 N–H and O–H groups in total. The summed E-state index contributed by atoms with van der Waals surface area (Å²) in [5, 5.41) is 15.5. The second-order valence-corrected chi connectivity index (χ2v) is 7.91. The van der Waals surface area contributed by atoms with Gasteiger partial charge in [-0.1, -0.05) is 36.4 Å². The molecule has 1 saturated heterocycles. The Kier molecular flexibility index (Phi) is 6.59. The maximum Gasteiger partial charge on any atom is 0.191 e. The van der Waals surface area contributed by atoms with Crippen molar-refractivity contribution in [2.75, 3.05) is 13.1 Å². The molecule has 7 heteroatoms. The number of likely N-dealkylation sites (tertiary alicyclic amines) is 1. The minimum atomic E-state index is 0.417. The van der Waals surface area contributed by atoms with Gasteiger partial charge in [0, 0.05) is 37.9 Å². The number of nitrogens with zero attached hydrogens (tertiary/aromatic N) is 5. The molecule has 1 fully saturated rings. The largest absolute Gasteiger partial charge is 0.357 e. The van der Waals surface area contributed by atoms with E-state index in [0.717, 1.165) is 49.9 Å². The van der Waals surface area contributed by atoms with E-state index in [9.17, 15) is 0 Å². The van der Waals surface area contributed by atoms with E-state index in [1.165, 1.54) is 5.56 Å². The zero-order valence-corrected chi connectivity index (χ0v) is 17.8. The summed E-state index contributed by atoms with van der Waals surface area (Å²) in [6.07, 6.45) is 4.19. The van der Waals surface area contributed by atoms with Crippen LogP contribution in [0.3, 0.4) is 0 Å². The molecule has 3 heterocycles. The van der Waals surface area contributed by atoms with Crippen LogP contribution in [0.1, 0.15) is 38.1 Å². The van der Waals surface area contributed by atoms with E-state index in [-0.39, 0.29) is 0 Å². The topological polar surface area (TPSA) is 69.8 Å². The lowest BCUT2D eigenvalue weighted by molar-refractivity contribution is 0.134. The molecule has 7 nitrogen and oxygen atoms in total. The van der Waals surface area contributed by atoms with Crippen LogP contribution < -0.4 is 10.6 Å². The minimum Gasteiger partial charge on any atom is -0.357 e. The highest BCUT2D eigenvalue weighted by molar-refractivity contribution is 5.80. The van der Waals surface area contributed by atoms with E-state index in [1.54, 1.807) is 0 Å². The van der Waals surface area contributed by atoms with Crippen molar-refractivity contribution in [2.45, 2.75) is 51.9 Å². The molecule has 1 aliphatic rings. The highest BCUT2D eigenvalue weighted by Gasteiger charge is 2.26. The van der Waals surface area contributed by atoms with Crippen molar-refractivity contribution in [1.82, 2.24) is 30.1 Å². The average Bonchev–Trinajstić information content (AvgIpc) is 3.18. The molecule has 158 valence electrons. The number of hydrogen-bond donors (Lipinski definition) is 2. The normalized spacial score (nSPS) is 20.4. The summed E-state index contributed by atoms with van der Waals surface area (Å²) < 4.78 is 1.98. The number of aromatic nitrogens is 3. The Balaban J connectivity index is 1.36. The first kappa shape index (κ1) is 20.3. The lowest BCUT2D eigenvalue weighted by atomic mass is 9.97. The molecule has 0 spiro atoms. The summed E-state index contributed by atoms with van der Waals surface area (Å²) in [5.74, 6) is 1.69. The number of aliphatic imine (C=N–C) groups is 1. The molecule has 0 saturated carbocycles. The quantitative estimate of drug-likeness (QED) is 0.488. The van der Waals surface area contributed by atoms with E-state index in [2.05, 4.69) is 69.9 Å². The minimum absolute atomic E-state index is 0.417. The molecular weight excluding hydrogens is 374 g/mol. The summed E-state index contributed by atoms with van der Waals surface area (Å²) in [6.45, 7) is 7.83. The second kappa shape index (κ2) is 9.71. The molecule has 1 aromatic carbocycles. The van der Waals surface area contributed by atoms with Gasteiger partial charge in [-0.2, -0.15) is 0 Å². The Labute approximate surface area is 178 Å². The second-order valence-electron chi connectivity index (χ2n) is 7.91. The highest BCUT2D eigenvalue weighted by atomic mass is 15.3. The lowest BCUT2D eigenvalue weighted by Gasteiger charge is -2.38. The van der Waals surface area contributed by atoms with E-state index in [4.69, 9.17) is 4.99 Å². The van der Waals surface area contributed by atoms with Gasteiger partial charge in [-0.3, -0.25) is 9.30 Å². The summed E-state index contributed by atoms with van der Waals surface area (Å²) >= 11 is 0. The Morgan fingerprint density at radius 2 is 1.97 bits per heavy atom. The third-order valence-electron chi connectivity index (χ3n) is 5.69. The Morgan fingerprint density at radius 3 is 2.77 bits per heavy atom. The fraction of sp³-hybridized carbons (Fsp3) is 0.435. The van der Waals surface area contributed by atoms with Crippen molar-refractivity contribution in [2.24, 2.45) is 4.99 Å².